The molecule has 0 unspecified atom stereocenters. The van der Waals surface area contributed by atoms with Crippen molar-refractivity contribution in [2.75, 3.05) is 24.7 Å². The molecular weight excluding hydrogens is 376 g/mol. The highest BCUT2D eigenvalue weighted by Crippen LogP contribution is 2.29. The third-order valence-electron chi connectivity index (χ3n) is 2.74. The predicted molar refractivity (Wildman–Crippen MR) is 79.0 cm³/mol. The van der Waals surface area contributed by atoms with E-state index in [2.05, 4.69) is 20.9 Å². The van der Waals surface area contributed by atoms with Gasteiger partial charge in [0.15, 0.2) is 0 Å². The molecule has 1 saturated heterocycles. The number of aliphatic hydroxyl groups excluding tert-OH is 1. The van der Waals surface area contributed by atoms with E-state index in [-0.39, 0.29) is 16.7 Å². The molecule has 1 aromatic heterocycles. The Bertz CT molecular complexity index is 570. The SMILES string of the molecule is O=S(=O)(c1cc(Br)cnc1Cl)N1CCSC[C@H]1CO. The number of nitrogens with zero attached hydrogens (tertiary/aromatic N) is 2. The minimum atomic E-state index is -3.74. The number of aromatic nitrogens is 1. The lowest BCUT2D eigenvalue weighted by Gasteiger charge is -2.33. The third kappa shape index (κ3) is 3.25. The topological polar surface area (TPSA) is 70.5 Å². The Balaban J connectivity index is 2.43. The Morgan fingerprint density at radius 1 is 1.63 bits per heavy atom. The van der Waals surface area contributed by atoms with Crippen molar-refractivity contribution in [2.45, 2.75) is 10.9 Å². The second kappa shape index (κ2) is 6.28. The normalized spacial score (nSPS) is 21.5. The van der Waals surface area contributed by atoms with Gasteiger partial charge in [0.2, 0.25) is 10.0 Å². The molecule has 1 fully saturated rings. The fourth-order valence-electron chi connectivity index (χ4n) is 1.81. The maximum Gasteiger partial charge on any atom is 0.246 e. The zero-order chi connectivity index (χ0) is 14.0. The van der Waals surface area contributed by atoms with Gasteiger partial charge in [0.05, 0.1) is 12.6 Å². The van der Waals surface area contributed by atoms with Gasteiger partial charge < -0.3 is 5.11 Å². The van der Waals surface area contributed by atoms with E-state index in [1.165, 1.54) is 16.6 Å². The summed E-state index contributed by atoms with van der Waals surface area (Å²) in [4.78, 5) is 3.80. The summed E-state index contributed by atoms with van der Waals surface area (Å²) in [5.74, 6) is 1.28. The number of hydrogen-bond acceptors (Lipinski definition) is 5. The monoisotopic (exact) mass is 386 g/mol. The van der Waals surface area contributed by atoms with Crippen LogP contribution in [0.3, 0.4) is 0 Å². The van der Waals surface area contributed by atoms with Crippen LogP contribution in [-0.4, -0.2) is 53.5 Å². The maximum absolute atomic E-state index is 12.6. The number of pyridine rings is 1. The van der Waals surface area contributed by atoms with Crippen LogP contribution in [0, 0.1) is 0 Å². The van der Waals surface area contributed by atoms with Crippen molar-refractivity contribution in [3.05, 3.63) is 21.9 Å². The Kier molecular flexibility index (Phi) is 5.13. The summed E-state index contributed by atoms with van der Waals surface area (Å²) in [6.45, 7) is 0.159. The van der Waals surface area contributed by atoms with Gasteiger partial charge in [-0.3, -0.25) is 0 Å². The highest BCUT2D eigenvalue weighted by molar-refractivity contribution is 9.10. The van der Waals surface area contributed by atoms with Crippen molar-refractivity contribution in [2.24, 2.45) is 0 Å². The first-order valence-corrected chi connectivity index (χ1v) is 9.25. The summed E-state index contributed by atoms with van der Waals surface area (Å²) in [6, 6.07) is 1.01. The largest absolute Gasteiger partial charge is 0.395 e. The Morgan fingerprint density at radius 3 is 3.05 bits per heavy atom. The number of sulfonamides is 1. The first kappa shape index (κ1) is 15.5. The second-order valence-electron chi connectivity index (χ2n) is 3.97. The van der Waals surface area contributed by atoms with Crippen LogP contribution in [0.4, 0.5) is 0 Å². The Hall–Kier alpha value is 0.140. The minimum absolute atomic E-state index is 0.0334. The Morgan fingerprint density at radius 2 is 2.37 bits per heavy atom. The predicted octanol–water partition coefficient (Wildman–Crippen LogP) is 1.60. The third-order valence-corrected chi connectivity index (χ3v) is 6.65. The van der Waals surface area contributed by atoms with Crippen LogP contribution in [0.5, 0.6) is 0 Å². The van der Waals surface area contributed by atoms with E-state index in [4.69, 9.17) is 11.6 Å². The molecule has 0 spiro atoms. The van der Waals surface area contributed by atoms with Crippen molar-refractivity contribution in [1.29, 1.82) is 0 Å². The number of aliphatic hydroxyl groups is 1. The number of rotatable bonds is 3. The van der Waals surface area contributed by atoms with E-state index in [0.717, 1.165) is 0 Å². The molecule has 1 aliphatic heterocycles. The average Bonchev–Trinajstić information content (AvgIpc) is 2.41. The molecule has 1 atom stereocenters. The van der Waals surface area contributed by atoms with Gasteiger partial charge in [0.1, 0.15) is 10.0 Å². The van der Waals surface area contributed by atoms with E-state index in [9.17, 15) is 13.5 Å². The molecule has 9 heteroatoms. The number of halogens is 2. The highest BCUT2D eigenvalue weighted by Gasteiger charge is 2.35. The quantitative estimate of drug-likeness (QED) is 0.798. The molecule has 106 valence electrons. The van der Waals surface area contributed by atoms with Crippen LogP contribution >= 0.6 is 39.3 Å². The van der Waals surface area contributed by atoms with E-state index in [1.807, 2.05) is 0 Å². The fraction of sp³-hybridized carbons (Fsp3) is 0.500. The molecule has 19 heavy (non-hydrogen) atoms. The molecule has 0 aliphatic carbocycles. The molecule has 1 aromatic rings. The van der Waals surface area contributed by atoms with Gasteiger partial charge in [0, 0.05) is 28.7 Å². The molecule has 1 aliphatic rings. The van der Waals surface area contributed by atoms with Gasteiger partial charge in [-0.1, -0.05) is 11.6 Å². The summed E-state index contributed by atoms with van der Waals surface area (Å²) in [5, 5.41) is 9.26. The van der Waals surface area contributed by atoms with Gasteiger partial charge in [-0.15, -0.1) is 0 Å². The molecule has 1 N–H and O–H groups in total. The summed E-state index contributed by atoms with van der Waals surface area (Å²) >= 11 is 10.7. The molecule has 0 bridgehead atoms. The molecule has 0 saturated carbocycles. The van der Waals surface area contributed by atoms with Gasteiger partial charge in [-0.25, -0.2) is 13.4 Å². The van der Waals surface area contributed by atoms with E-state index < -0.39 is 16.1 Å². The first-order chi connectivity index (χ1) is 8.96. The van der Waals surface area contributed by atoms with Gasteiger partial charge in [-0.05, 0) is 22.0 Å². The number of hydrogen-bond donors (Lipinski definition) is 1. The molecule has 2 heterocycles. The van der Waals surface area contributed by atoms with Crippen LogP contribution in [0.1, 0.15) is 0 Å². The van der Waals surface area contributed by atoms with Crippen molar-refractivity contribution in [1.82, 2.24) is 9.29 Å². The lowest BCUT2D eigenvalue weighted by molar-refractivity contribution is 0.202. The highest BCUT2D eigenvalue weighted by atomic mass is 79.9. The van der Waals surface area contributed by atoms with Crippen LogP contribution < -0.4 is 0 Å². The van der Waals surface area contributed by atoms with Gasteiger partial charge >= 0.3 is 0 Å². The zero-order valence-electron chi connectivity index (χ0n) is 9.79. The summed E-state index contributed by atoms with van der Waals surface area (Å²) in [6.07, 6.45) is 1.44. The van der Waals surface area contributed by atoms with Crippen molar-refractivity contribution < 1.29 is 13.5 Å². The molecule has 0 amide bonds. The van der Waals surface area contributed by atoms with Crippen LogP contribution in [0.2, 0.25) is 5.15 Å². The molecule has 0 aromatic carbocycles. The van der Waals surface area contributed by atoms with Crippen LogP contribution in [0.15, 0.2) is 21.6 Å². The van der Waals surface area contributed by atoms with Crippen LogP contribution in [0.25, 0.3) is 0 Å². The number of thioether (sulfide) groups is 1. The van der Waals surface area contributed by atoms with Gasteiger partial charge in [0.25, 0.3) is 0 Å². The summed E-state index contributed by atoms with van der Waals surface area (Å²) < 4.78 is 27.0. The fourth-order valence-corrected chi connectivity index (χ4v) is 5.61. The summed E-state index contributed by atoms with van der Waals surface area (Å²) in [7, 11) is -3.74. The van der Waals surface area contributed by atoms with E-state index >= 15 is 0 Å². The smallest absolute Gasteiger partial charge is 0.246 e. The van der Waals surface area contributed by atoms with Crippen molar-refractivity contribution in [3.63, 3.8) is 0 Å². The molecular formula is C10H12BrClN2O3S2. The Labute approximate surface area is 129 Å². The lowest BCUT2D eigenvalue weighted by Crippen LogP contribution is -2.47. The van der Waals surface area contributed by atoms with Crippen LogP contribution in [-0.2, 0) is 10.0 Å². The molecule has 2 rings (SSSR count). The van der Waals surface area contributed by atoms with Crippen molar-refractivity contribution >= 4 is 49.3 Å². The standard InChI is InChI=1S/C10H12BrClN2O3S2/c11-7-3-9(10(12)13-4-7)19(16,17)14-1-2-18-6-8(14)5-15/h3-4,8,15H,1-2,5-6H2/t8-/m1/s1. The average molecular weight is 388 g/mol. The van der Waals surface area contributed by atoms with E-state index in [0.29, 0.717) is 22.5 Å². The second-order valence-corrected chi connectivity index (χ2v) is 8.25. The maximum atomic E-state index is 12.6. The zero-order valence-corrected chi connectivity index (χ0v) is 13.8. The van der Waals surface area contributed by atoms with Gasteiger partial charge in [-0.2, -0.15) is 16.1 Å². The molecule has 0 radical (unpaired) electrons. The summed E-state index contributed by atoms with van der Waals surface area (Å²) in [5.41, 5.74) is 0. The van der Waals surface area contributed by atoms with Crippen molar-refractivity contribution in [3.8, 4) is 0 Å². The van der Waals surface area contributed by atoms with E-state index in [1.54, 1.807) is 11.8 Å². The minimum Gasteiger partial charge on any atom is -0.395 e. The molecule has 5 nitrogen and oxygen atoms in total. The lowest BCUT2D eigenvalue weighted by atomic mass is 10.3. The first-order valence-electron chi connectivity index (χ1n) is 5.48.